The van der Waals surface area contributed by atoms with E-state index >= 15 is 0 Å². The first-order valence-electron chi connectivity index (χ1n) is 5.71. The standard InChI is InChI=1S/C13H16BrNO3S/c1-18-13(17)11(6-7-19-2)15-12(16)9-4-3-5-10(14)8-9/h3-5,8,11H,6-7H2,1-2H3,(H,15,16)/t11-/m1/s1. The molecule has 1 aromatic rings. The second-order valence-electron chi connectivity index (χ2n) is 3.84. The molecule has 1 atom stereocenters. The third-order valence-corrected chi connectivity index (χ3v) is 3.63. The molecule has 1 aromatic carbocycles. The second kappa shape index (κ2) is 8.22. The van der Waals surface area contributed by atoms with Crippen LogP contribution >= 0.6 is 27.7 Å². The lowest BCUT2D eigenvalue weighted by Gasteiger charge is -2.16. The lowest BCUT2D eigenvalue weighted by molar-refractivity contribution is -0.142. The van der Waals surface area contributed by atoms with Crippen molar-refractivity contribution in [2.45, 2.75) is 12.5 Å². The van der Waals surface area contributed by atoms with Crippen molar-refractivity contribution in [3.05, 3.63) is 34.3 Å². The quantitative estimate of drug-likeness (QED) is 0.804. The van der Waals surface area contributed by atoms with E-state index in [9.17, 15) is 9.59 Å². The number of carbonyl (C=O) groups is 2. The Bertz CT molecular complexity index is 453. The van der Waals surface area contributed by atoms with Crippen molar-refractivity contribution in [2.24, 2.45) is 0 Å². The third kappa shape index (κ3) is 5.24. The zero-order valence-electron chi connectivity index (χ0n) is 10.8. The molecule has 0 unspecified atom stereocenters. The van der Waals surface area contributed by atoms with E-state index in [2.05, 4.69) is 21.2 Å². The van der Waals surface area contributed by atoms with Gasteiger partial charge < -0.3 is 10.1 Å². The predicted molar refractivity (Wildman–Crippen MR) is 80.4 cm³/mol. The van der Waals surface area contributed by atoms with E-state index in [1.807, 2.05) is 12.3 Å². The highest BCUT2D eigenvalue weighted by atomic mass is 79.9. The molecule has 0 saturated carbocycles. The highest BCUT2D eigenvalue weighted by molar-refractivity contribution is 9.10. The molecule has 4 nitrogen and oxygen atoms in total. The van der Waals surface area contributed by atoms with Gasteiger partial charge in [-0.2, -0.15) is 11.8 Å². The molecule has 6 heteroatoms. The minimum atomic E-state index is -0.607. The topological polar surface area (TPSA) is 55.4 Å². The molecule has 1 N–H and O–H groups in total. The van der Waals surface area contributed by atoms with Crippen molar-refractivity contribution in [3.8, 4) is 0 Å². The Morgan fingerprint density at radius 2 is 2.21 bits per heavy atom. The van der Waals surface area contributed by atoms with Crippen molar-refractivity contribution in [1.29, 1.82) is 0 Å². The summed E-state index contributed by atoms with van der Waals surface area (Å²) in [7, 11) is 1.32. The van der Waals surface area contributed by atoms with Gasteiger partial charge in [-0.25, -0.2) is 4.79 Å². The van der Waals surface area contributed by atoms with E-state index in [1.165, 1.54) is 7.11 Å². The lowest BCUT2D eigenvalue weighted by Crippen LogP contribution is -2.41. The van der Waals surface area contributed by atoms with Gasteiger partial charge in [0.05, 0.1) is 7.11 Å². The van der Waals surface area contributed by atoms with Crippen LogP contribution in [0.15, 0.2) is 28.7 Å². The number of hydrogen-bond acceptors (Lipinski definition) is 4. The van der Waals surface area contributed by atoms with E-state index in [-0.39, 0.29) is 5.91 Å². The smallest absolute Gasteiger partial charge is 0.328 e. The molecular formula is C13H16BrNO3S. The summed E-state index contributed by atoms with van der Waals surface area (Å²) >= 11 is 4.92. The van der Waals surface area contributed by atoms with Crippen LogP contribution in [0, 0.1) is 0 Å². The van der Waals surface area contributed by atoms with Crippen molar-refractivity contribution >= 4 is 39.6 Å². The zero-order chi connectivity index (χ0) is 14.3. The number of hydrogen-bond donors (Lipinski definition) is 1. The van der Waals surface area contributed by atoms with Crippen LogP contribution in [0.5, 0.6) is 0 Å². The molecule has 0 saturated heterocycles. The van der Waals surface area contributed by atoms with Gasteiger partial charge in [-0.15, -0.1) is 0 Å². The van der Waals surface area contributed by atoms with Crippen LogP contribution in [-0.2, 0) is 9.53 Å². The maximum absolute atomic E-state index is 12.0. The number of carbonyl (C=O) groups excluding carboxylic acids is 2. The summed E-state index contributed by atoms with van der Waals surface area (Å²) in [5.74, 6) is 0.0774. The molecule has 1 rings (SSSR count). The number of thioether (sulfide) groups is 1. The normalized spacial score (nSPS) is 11.7. The number of benzene rings is 1. The van der Waals surface area contributed by atoms with Crippen LogP contribution in [0.2, 0.25) is 0 Å². The van der Waals surface area contributed by atoms with Crippen LogP contribution in [0.25, 0.3) is 0 Å². The lowest BCUT2D eigenvalue weighted by atomic mass is 10.1. The number of halogens is 1. The number of methoxy groups -OCH3 is 1. The second-order valence-corrected chi connectivity index (χ2v) is 5.74. The van der Waals surface area contributed by atoms with E-state index in [0.717, 1.165) is 10.2 Å². The molecule has 0 bridgehead atoms. The summed E-state index contributed by atoms with van der Waals surface area (Å²) < 4.78 is 5.52. The van der Waals surface area contributed by atoms with Gasteiger partial charge in [0.1, 0.15) is 6.04 Å². The molecular weight excluding hydrogens is 330 g/mol. The molecule has 0 fully saturated rings. The van der Waals surface area contributed by atoms with Crippen molar-refractivity contribution in [3.63, 3.8) is 0 Å². The molecule has 19 heavy (non-hydrogen) atoms. The fourth-order valence-corrected chi connectivity index (χ4v) is 2.37. The van der Waals surface area contributed by atoms with E-state index < -0.39 is 12.0 Å². The van der Waals surface area contributed by atoms with Crippen LogP contribution < -0.4 is 5.32 Å². The van der Waals surface area contributed by atoms with Gasteiger partial charge in [0.15, 0.2) is 0 Å². The van der Waals surface area contributed by atoms with Crippen LogP contribution in [-0.4, -0.2) is 37.0 Å². The van der Waals surface area contributed by atoms with Crippen LogP contribution in [0.3, 0.4) is 0 Å². The number of esters is 1. The maximum Gasteiger partial charge on any atom is 0.328 e. The monoisotopic (exact) mass is 345 g/mol. The van der Waals surface area contributed by atoms with Gasteiger partial charge in [0.25, 0.3) is 5.91 Å². The van der Waals surface area contributed by atoms with E-state index in [4.69, 9.17) is 4.74 Å². The third-order valence-electron chi connectivity index (χ3n) is 2.49. The van der Waals surface area contributed by atoms with Crippen molar-refractivity contribution in [2.75, 3.05) is 19.1 Å². The molecule has 0 aromatic heterocycles. The van der Waals surface area contributed by atoms with Gasteiger partial charge >= 0.3 is 5.97 Å². The van der Waals surface area contributed by atoms with Gasteiger partial charge in [-0.05, 0) is 36.6 Å². The Morgan fingerprint density at radius 1 is 1.47 bits per heavy atom. The summed E-state index contributed by atoms with van der Waals surface area (Å²) in [6, 6.07) is 6.40. The number of amides is 1. The van der Waals surface area contributed by atoms with E-state index in [1.54, 1.807) is 30.0 Å². The SMILES string of the molecule is COC(=O)[C@@H](CCSC)NC(=O)c1cccc(Br)c1. The minimum Gasteiger partial charge on any atom is -0.467 e. The predicted octanol–water partition coefficient (Wildman–Crippen LogP) is 2.47. The Balaban J connectivity index is 2.72. The van der Waals surface area contributed by atoms with Gasteiger partial charge in [-0.3, -0.25) is 4.79 Å². The molecule has 1 amide bonds. The summed E-state index contributed by atoms with van der Waals surface area (Å²) in [5.41, 5.74) is 0.507. The number of rotatable bonds is 6. The Morgan fingerprint density at radius 3 is 2.79 bits per heavy atom. The average molecular weight is 346 g/mol. The minimum absolute atomic E-state index is 0.280. The number of nitrogens with one attached hydrogen (secondary N) is 1. The van der Waals surface area contributed by atoms with E-state index in [0.29, 0.717) is 12.0 Å². The Kier molecular flexibility index (Phi) is 6.94. The summed E-state index contributed by atoms with van der Waals surface area (Å²) in [6.07, 6.45) is 2.50. The first-order chi connectivity index (χ1) is 9.08. The van der Waals surface area contributed by atoms with Crippen molar-refractivity contribution < 1.29 is 14.3 Å². The van der Waals surface area contributed by atoms with Crippen LogP contribution in [0.1, 0.15) is 16.8 Å². The van der Waals surface area contributed by atoms with Gasteiger partial charge in [0, 0.05) is 10.0 Å². The molecule has 104 valence electrons. The maximum atomic E-state index is 12.0. The first-order valence-corrected chi connectivity index (χ1v) is 7.90. The zero-order valence-corrected chi connectivity index (χ0v) is 13.2. The fraction of sp³-hybridized carbons (Fsp3) is 0.385. The summed E-state index contributed by atoms with van der Waals surface area (Å²) in [6.45, 7) is 0. The van der Waals surface area contributed by atoms with Crippen molar-refractivity contribution in [1.82, 2.24) is 5.32 Å². The highest BCUT2D eigenvalue weighted by Crippen LogP contribution is 2.12. The molecule has 0 aliphatic carbocycles. The molecule has 0 aliphatic heterocycles. The molecule has 0 aliphatic rings. The average Bonchev–Trinajstić information content (AvgIpc) is 2.42. The molecule has 0 radical (unpaired) electrons. The Labute approximate surface area is 125 Å². The molecule has 0 heterocycles. The van der Waals surface area contributed by atoms with Gasteiger partial charge in [0.2, 0.25) is 0 Å². The largest absolute Gasteiger partial charge is 0.467 e. The Hall–Kier alpha value is -1.01. The highest BCUT2D eigenvalue weighted by Gasteiger charge is 2.21. The summed E-state index contributed by atoms with van der Waals surface area (Å²) in [5, 5.41) is 2.70. The molecule has 0 spiro atoms. The van der Waals surface area contributed by atoms with Gasteiger partial charge in [-0.1, -0.05) is 22.0 Å². The fourth-order valence-electron chi connectivity index (χ4n) is 1.50. The first kappa shape index (κ1) is 16.0. The number of ether oxygens (including phenoxy) is 1. The van der Waals surface area contributed by atoms with Crippen LogP contribution in [0.4, 0.5) is 0 Å². The summed E-state index contributed by atoms with van der Waals surface area (Å²) in [4.78, 5) is 23.6.